The van der Waals surface area contributed by atoms with E-state index in [0.717, 1.165) is 28.8 Å². The lowest BCUT2D eigenvalue weighted by atomic mass is 10.0. The number of allylic oxidation sites excluding steroid dienone is 1. The number of para-hydroxylation sites is 1. The summed E-state index contributed by atoms with van der Waals surface area (Å²) in [4.78, 5) is 17.7. The van der Waals surface area contributed by atoms with Crippen molar-refractivity contribution in [2.24, 2.45) is 0 Å². The summed E-state index contributed by atoms with van der Waals surface area (Å²) in [6.07, 6.45) is 4.89. The Labute approximate surface area is 252 Å². The van der Waals surface area contributed by atoms with E-state index in [-0.39, 0.29) is 28.8 Å². The first-order valence-corrected chi connectivity index (χ1v) is 15.5. The average molecular weight is 622 g/mol. The van der Waals surface area contributed by atoms with E-state index in [0.29, 0.717) is 55.1 Å². The van der Waals surface area contributed by atoms with E-state index >= 15 is 0 Å². The Hall–Kier alpha value is -4.46. The molecule has 0 atom stereocenters. The highest BCUT2D eigenvalue weighted by atomic mass is 32.2. The number of aryl methyl sites for hydroxylation is 2. The minimum Gasteiger partial charge on any atom is -0.433 e. The number of rotatable bonds is 8. The number of carbonyl (C=O) groups is 1. The van der Waals surface area contributed by atoms with Gasteiger partial charge in [0.15, 0.2) is 17.4 Å². The van der Waals surface area contributed by atoms with Crippen LogP contribution in [-0.4, -0.2) is 59.6 Å². The van der Waals surface area contributed by atoms with Gasteiger partial charge >= 0.3 is 0 Å². The van der Waals surface area contributed by atoms with Crippen molar-refractivity contribution in [3.05, 3.63) is 99.4 Å². The van der Waals surface area contributed by atoms with Gasteiger partial charge in [0.25, 0.3) is 0 Å². The van der Waals surface area contributed by atoms with Gasteiger partial charge in [-0.25, -0.2) is 26.9 Å². The molecule has 0 amide bonds. The molecule has 1 aliphatic carbocycles. The van der Waals surface area contributed by atoms with Gasteiger partial charge in [0.1, 0.15) is 5.82 Å². The van der Waals surface area contributed by atoms with E-state index in [9.17, 15) is 22.0 Å². The smallest absolute Gasteiger partial charge is 0.219 e. The van der Waals surface area contributed by atoms with Crippen LogP contribution >= 0.6 is 0 Å². The number of ether oxygens (including phenoxy) is 2. The summed E-state index contributed by atoms with van der Waals surface area (Å²) in [7, 11) is -3.51. The summed E-state index contributed by atoms with van der Waals surface area (Å²) in [6, 6.07) is 8.64. The molecule has 13 heteroatoms. The van der Waals surface area contributed by atoms with Gasteiger partial charge in [-0.3, -0.25) is 4.79 Å². The summed E-state index contributed by atoms with van der Waals surface area (Å²) in [5.74, 6) is -2.64. The maximum Gasteiger partial charge on any atom is 0.219 e. The van der Waals surface area contributed by atoms with E-state index < -0.39 is 27.4 Å². The minimum absolute atomic E-state index is 0.0291. The van der Waals surface area contributed by atoms with Gasteiger partial charge in [-0.2, -0.15) is 9.40 Å². The fourth-order valence-corrected chi connectivity index (χ4v) is 6.95. The standard InChI is InChI=1S/C31H29F2N5O5S/c1-18-10-20-12-22(13-21(20)14-23(18)17-44(40,41)37-6-8-42-9-7-37)29(39)24-15-36-38(31(24)34)27-16-35-28(11-19(27)2)43-30-25(32)4-3-5-26(30)33/h3-5,10-12,14-16H,6-9,13,17,34H2,1-2H3. The second-order valence-corrected chi connectivity index (χ2v) is 12.7. The number of nitrogen functional groups attached to an aromatic ring is 1. The lowest BCUT2D eigenvalue weighted by molar-refractivity contribution is 0.0729. The molecule has 0 radical (unpaired) electrons. The summed E-state index contributed by atoms with van der Waals surface area (Å²) in [6.45, 7) is 5.01. The molecule has 10 nitrogen and oxygen atoms in total. The number of benzene rings is 2. The molecule has 0 unspecified atom stereocenters. The van der Waals surface area contributed by atoms with Crippen molar-refractivity contribution in [2.75, 3.05) is 32.0 Å². The maximum atomic E-state index is 14.0. The molecular weight excluding hydrogens is 592 g/mol. The Bertz CT molecular complexity index is 1910. The van der Waals surface area contributed by atoms with Crippen LogP contribution in [0.25, 0.3) is 11.8 Å². The molecule has 3 heterocycles. The van der Waals surface area contributed by atoms with Gasteiger partial charge in [0.2, 0.25) is 21.7 Å². The Kier molecular flexibility index (Phi) is 7.78. The first kappa shape index (κ1) is 29.6. The number of pyridine rings is 1. The third-order valence-corrected chi connectivity index (χ3v) is 9.59. The van der Waals surface area contributed by atoms with Crippen molar-refractivity contribution in [3.8, 4) is 17.3 Å². The molecule has 4 aromatic rings. The van der Waals surface area contributed by atoms with Crippen molar-refractivity contribution in [3.63, 3.8) is 0 Å². The summed E-state index contributed by atoms with van der Waals surface area (Å²) >= 11 is 0. The number of aromatic nitrogens is 3. The van der Waals surface area contributed by atoms with Gasteiger partial charge in [-0.15, -0.1) is 0 Å². The van der Waals surface area contributed by atoms with Crippen LogP contribution in [0.1, 0.15) is 38.2 Å². The highest BCUT2D eigenvalue weighted by molar-refractivity contribution is 7.88. The van der Waals surface area contributed by atoms with Crippen LogP contribution < -0.4 is 10.5 Å². The molecule has 44 heavy (non-hydrogen) atoms. The third kappa shape index (κ3) is 5.61. The molecule has 2 aliphatic rings. The Balaban J connectivity index is 1.19. The average Bonchev–Trinajstić information content (AvgIpc) is 3.58. The van der Waals surface area contributed by atoms with Gasteiger partial charge < -0.3 is 15.2 Å². The van der Waals surface area contributed by atoms with Crippen molar-refractivity contribution < 1.29 is 31.5 Å². The zero-order chi connectivity index (χ0) is 31.2. The van der Waals surface area contributed by atoms with Gasteiger partial charge in [0.05, 0.1) is 42.6 Å². The van der Waals surface area contributed by atoms with E-state index in [2.05, 4.69) is 10.1 Å². The Morgan fingerprint density at radius 1 is 1.07 bits per heavy atom. The molecule has 0 spiro atoms. The number of nitrogens with two attached hydrogens (primary N) is 1. The summed E-state index contributed by atoms with van der Waals surface area (Å²) < 4.78 is 67.5. The molecule has 2 aromatic carbocycles. The quantitative estimate of drug-likeness (QED) is 0.285. The fraction of sp³-hybridized carbons (Fsp3) is 0.258. The van der Waals surface area contributed by atoms with Crippen LogP contribution in [0.15, 0.2) is 54.4 Å². The SMILES string of the molecule is Cc1cc2c(cc1CS(=O)(=O)N1CCOCC1)CC(C(=O)c1cnn(-c3cnc(Oc4c(F)cccc4F)cc3C)c1N)=C2. The molecule has 1 aliphatic heterocycles. The second-order valence-electron chi connectivity index (χ2n) is 10.7. The molecule has 0 saturated carbocycles. The van der Waals surface area contributed by atoms with Crippen molar-refractivity contribution in [1.29, 1.82) is 0 Å². The van der Waals surface area contributed by atoms with Gasteiger partial charge in [-0.1, -0.05) is 18.2 Å². The normalized spacial score (nSPS) is 15.2. The minimum atomic E-state index is -3.51. The molecule has 1 saturated heterocycles. The number of ketones is 1. The van der Waals surface area contributed by atoms with Crippen molar-refractivity contribution >= 4 is 27.7 Å². The van der Waals surface area contributed by atoms with Crippen LogP contribution in [0.4, 0.5) is 14.6 Å². The number of Topliss-reactive ketones (excluding diaryl/α,β-unsaturated/α-hetero) is 1. The first-order valence-electron chi connectivity index (χ1n) is 13.9. The van der Waals surface area contributed by atoms with Gasteiger partial charge in [0, 0.05) is 31.1 Å². The van der Waals surface area contributed by atoms with E-state index in [1.807, 2.05) is 19.1 Å². The van der Waals surface area contributed by atoms with Crippen LogP contribution in [-0.2, 0) is 26.9 Å². The number of hydrogen-bond donors (Lipinski definition) is 1. The molecule has 228 valence electrons. The third-order valence-electron chi connectivity index (χ3n) is 7.76. The number of fused-ring (bicyclic) bond motifs is 1. The molecule has 2 aromatic heterocycles. The second kappa shape index (κ2) is 11.6. The lowest BCUT2D eigenvalue weighted by Gasteiger charge is -2.26. The number of hydrogen-bond acceptors (Lipinski definition) is 8. The zero-order valence-corrected chi connectivity index (χ0v) is 24.8. The van der Waals surface area contributed by atoms with Crippen LogP contribution in [0.2, 0.25) is 0 Å². The van der Waals surface area contributed by atoms with Crippen LogP contribution in [0, 0.1) is 25.5 Å². The summed E-state index contributed by atoms with van der Waals surface area (Å²) in [5, 5.41) is 4.31. The molecular formula is C31H29F2N5O5S. The summed E-state index contributed by atoms with van der Waals surface area (Å²) in [5.41, 5.74) is 11.4. The predicted molar refractivity (Wildman–Crippen MR) is 159 cm³/mol. The van der Waals surface area contributed by atoms with Crippen LogP contribution in [0.3, 0.4) is 0 Å². The Morgan fingerprint density at radius 2 is 1.80 bits per heavy atom. The number of sulfonamides is 1. The van der Waals surface area contributed by atoms with Crippen molar-refractivity contribution in [1.82, 2.24) is 19.1 Å². The van der Waals surface area contributed by atoms with Crippen molar-refractivity contribution in [2.45, 2.75) is 26.0 Å². The Morgan fingerprint density at radius 3 is 2.50 bits per heavy atom. The predicted octanol–water partition coefficient (Wildman–Crippen LogP) is 4.52. The molecule has 0 bridgehead atoms. The highest BCUT2D eigenvalue weighted by Crippen LogP contribution is 2.33. The van der Waals surface area contributed by atoms with E-state index in [1.54, 1.807) is 13.0 Å². The number of anilines is 1. The first-order chi connectivity index (χ1) is 21.0. The van der Waals surface area contributed by atoms with Crippen LogP contribution in [0.5, 0.6) is 11.6 Å². The topological polar surface area (TPSA) is 130 Å². The zero-order valence-electron chi connectivity index (χ0n) is 24.0. The monoisotopic (exact) mass is 621 g/mol. The lowest BCUT2D eigenvalue weighted by Crippen LogP contribution is -2.41. The number of morpholine rings is 1. The maximum absolute atomic E-state index is 14.0. The fourth-order valence-electron chi connectivity index (χ4n) is 5.35. The van der Waals surface area contributed by atoms with Gasteiger partial charge in [-0.05, 0) is 59.9 Å². The van der Waals surface area contributed by atoms with E-state index in [4.69, 9.17) is 15.2 Å². The highest BCUT2D eigenvalue weighted by Gasteiger charge is 2.28. The largest absolute Gasteiger partial charge is 0.433 e. The number of carbonyl (C=O) groups excluding carboxylic acids is 1. The molecule has 1 fully saturated rings. The number of nitrogens with zero attached hydrogens (tertiary/aromatic N) is 4. The van der Waals surface area contributed by atoms with E-state index in [1.165, 1.54) is 33.5 Å². The molecule has 6 rings (SSSR count). The molecule has 2 N–H and O–H groups in total. The number of halogens is 2.